The Balaban J connectivity index is 2.11. The standard InChI is InChI=1S/C10H11BrN2O/c11-7-1-3-8(4-2-7)13-10(5-6-10)9(12)14/h1-4,13H,5-6H2,(H2,12,14). The molecule has 1 aliphatic carbocycles. The van der Waals surface area contributed by atoms with Crippen LogP contribution in [0.3, 0.4) is 0 Å². The first kappa shape index (κ1) is 9.52. The number of hydrogen-bond acceptors (Lipinski definition) is 2. The molecule has 2 rings (SSSR count). The van der Waals surface area contributed by atoms with E-state index in [-0.39, 0.29) is 5.91 Å². The summed E-state index contributed by atoms with van der Waals surface area (Å²) in [6, 6.07) is 7.71. The number of carbonyl (C=O) groups excluding carboxylic acids is 1. The van der Waals surface area contributed by atoms with Crippen LogP contribution >= 0.6 is 15.9 Å². The lowest BCUT2D eigenvalue weighted by Crippen LogP contribution is -2.37. The number of primary amides is 1. The van der Waals surface area contributed by atoms with E-state index >= 15 is 0 Å². The van der Waals surface area contributed by atoms with Crippen LogP contribution in [0.15, 0.2) is 28.7 Å². The molecule has 0 saturated heterocycles. The molecule has 0 spiro atoms. The van der Waals surface area contributed by atoms with Crippen molar-refractivity contribution in [1.82, 2.24) is 0 Å². The van der Waals surface area contributed by atoms with Crippen molar-refractivity contribution in [3.05, 3.63) is 28.7 Å². The molecule has 0 heterocycles. The third-order valence-electron chi connectivity index (χ3n) is 2.45. The van der Waals surface area contributed by atoms with Crippen LogP contribution in [0.1, 0.15) is 12.8 Å². The van der Waals surface area contributed by atoms with Gasteiger partial charge in [-0.15, -0.1) is 0 Å². The fourth-order valence-electron chi connectivity index (χ4n) is 1.37. The van der Waals surface area contributed by atoms with Crippen LogP contribution in [-0.4, -0.2) is 11.4 Å². The van der Waals surface area contributed by atoms with Gasteiger partial charge in [0.15, 0.2) is 0 Å². The molecule has 1 amide bonds. The summed E-state index contributed by atoms with van der Waals surface area (Å²) >= 11 is 3.35. The van der Waals surface area contributed by atoms with Crippen molar-refractivity contribution in [1.29, 1.82) is 0 Å². The van der Waals surface area contributed by atoms with Gasteiger partial charge < -0.3 is 11.1 Å². The first-order valence-electron chi connectivity index (χ1n) is 4.46. The minimum atomic E-state index is -0.478. The summed E-state index contributed by atoms with van der Waals surface area (Å²) in [6.07, 6.45) is 1.66. The first-order chi connectivity index (χ1) is 6.62. The van der Waals surface area contributed by atoms with Gasteiger partial charge in [0.25, 0.3) is 0 Å². The molecule has 1 fully saturated rings. The van der Waals surface area contributed by atoms with E-state index in [9.17, 15) is 4.79 Å². The van der Waals surface area contributed by atoms with Gasteiger partial charge in [-0.1, -0.05) is 15.9 Å². The summed E-state index contributed by atoms with van der Waals surface area (Å²) in [5, 5.41) is 3.16. The Bertz CT molecular complexity index is 357. The lowest BCUT2D eigenvalue weighted by Gasteiger charge is -2.14. The van der Waals surface area contributed by atoms with E-state index < -0.39 is 5.54 Å². The summed E-state index contributed by atoms with van der Waals surface area (Å²) in [4.78, 5) is 11.1. The Morgan fingerprint density at radius 1 is 1.36 bits per heavy atom. The maximum Gasteiger partial charge on any atom is 0.243 e. The maximum absolute atomic E-state index is 11.1. The zero-order chi connectivity index (χ0) is 10.2. The number of carbonyl (C=O) groups is 1. The number of rotatable bonds is 3. The predicted molar refractivity (Wildman–Crippen MR) is 58.9 cm³/mol. The molecule has 3 nitrogen and oxygen atoms in total. The fourth-order valence-corrected chi connectivity index (χ4v) is 1.63. The van der Waals surface area contributed by atoms with Crippen molar-refractivity contribution in [2.24, 2.45) is 5.73 Å². The summed E-state index contributed by atoms with van der Waals surface area (Å²) < 4.78 is 1.02. The second kappa shape index (κ2) is 3.28. The normalized spacial score (nSPS) is 17.5. The quantitative estimate of drug-likeness (QED) is 0.866. The topological polar surface area (TPSA) is 55.1 Å². The number of hydrogen-bond donors (Lipinski definition) is 2. The average molecular weight is 255 g/mol. The molecule has 1 saturated carbocycles. The zero-order valence-electron chi connectivity index (χ0n) is 7.59. The van der Waals surface area contributed by atoms with Crippen LogP contribution in [-0.2, 0) is 4.79 Å². The lowest BCUT2D eigenvalue weighted by atomic mass is 10.2. The number of nitrogens with two attached hydrogens (primary N) is 1. The highest BCUT2D eigenvalue weighted by atomic mass is 79.9. The van der Waals surface area contributed by atoms with Crippen molar-refractivity contribution >= 4 is 27.5 Å². The van der Waals surface area contributed by atoms with Crippen LogP contribution in [0.5, 0.6) is 0 Å². The van der Waals surface area contributed by atoms with Gasteiger partial charge in [0, 0.05) is 10.2 Å². The Kier molecular flexibility index (Phi) is 2.23. The zero-order valence-corrected chi connectivity index (χ0v) is 9.17. The van der Waals surface area contributed by atoms with Crippen LogP contribution in [0.4, 0.5) is 5.69 Å². The van der Waals surface area contributed by atoms with E-state index in [0.29, 0.717) is 0 Å². The SMILES string of the molecule is NC(=O)C1(Nc2ccc(Br)cc2)CC1. The Morgan fingerprint density at radius 3 is 2.36 bits per heavy atom. The number of nitrogens with one attached hydrogen (secondary N) is 1. The summed E-state index contributed by atoms with van der Waals surface area (Å²) in [6.45, 7) is 0. The number of halogens is 1. The number of amides is 1. The summed E-state index contributed by atoms with van der Waals surface area (Å²) in [5.74, 6) is -0.264. The highest BCUT2D eigenvalue weighted by Gasteiger charge is 2.48. The van der Waals surface area contributed by atoms with Crippen LogP contribution < -0.4 is 11.1 Å². The minimum Gasteiger partial charge on any atom is -0.371 e. The van der Waals surface area contributed by atoms with Gasteiger partial charge in [-0.3, -0.25) is 4.79 Å². The Hall–Kier alpha value is -1.03. The molecule has 0 atom stereocenters. The van der Waals surface area contributed by atoms with Gasteiger partial charge in [0.1, 0.15) is 5.54 Å². The molecule has 0 unspecified atom stereocenters. The van der Waals surface area contributed by atoms with Crippen molar-refractivity contribution in [2.75, 3.05) is 5.32 Å². The molecular formula is C10H11BrN2O. The van der Waals surface area contributed by atoms with E-state index in [1.165, 1.54) is 0 Å². The largest absolute Gasteiger partial charge is 0.371 e. The smallest absolute Gasteiger partial charge is 0.243 e. The Morgan fingerprint density at radius 2 is 1.93 bits per heavy atom. The molecule has 1 aromatic carbocycles. The molecule has 0 radical (unpaired) electrons. The van der Waals surface area contributed by atoms with Crippen molar-refractivity contribution in [3.63, 3.8) is 0 Å². The van der Waals surface area contributed by atoms with Gasteiger partial charge in [0.05, 0.1) is 0 Å². The van der Waals surface area contributed by atoms with Crippen molar-refractivity contribution in [3.8, 4) is 0 Å². The van der Waals surface area contributed by atoms with Crippen LogP contribution in [0.2, 0.25) is 0 Å². The average Bonchev–Trinajstić information content (AvgIpc) is 2.90. The minimum absolute atomic E-state index is 0.264. The predicted octanol–water partition coefficient (Wildman–Crippen LogP) is 1.88. The van der Waals surface area contributed by atoms with Gasteiger partial charge in [-0.05, 0) is 37.1 Å². The van der Waals surface area contributed by atoms with E-state index in [4.69, 9.17) is 5.73 Å². The van der Waals surface area contributed by atoms with Crippen LogP contribution in [0.25, 0.3) is 0 Å². The first-order valence-corrected chi connectivity index (χ1v) is 5.25. The second-order valence-corrected chi connectivity index (χ2v) is 4.49. The molecule has 0 aliphatic heterocycles. The molecule has 14 heavy (non-hydrogen) atoms. The monoisotopic (exact) mass is 254 g/mol. The molecule has 0 aromatic heterocycles. The van der Waals surface area contributed by atoms with Crippen molar-refractivity contribution in [2.45, 2.75) is 18.4 Å². The lowest BCUT2D eigenvalue weighted by molar-refractivity contribution is -0.119. The Labute approximate surface area is 90.8 Å². The van der Waals surface area contributed by atoms with Gasteiger partial charge in [0.2, 0.25) is 5.91 Å². The highest BCUT2D eigenvalue weighted by Crippen LogP contribution is 2.38. The number of benzene rings is 1. The molecule has 1 aromatic rings. The molecule has 1 aliphatic rings. The van der Waals surface area contributed by atoms with E-state index in [2.05, 4.69) is 21.2 Å². The third kappa shape index (κ3) is 1.75. The van der Waals surface area contributed by atoms with E-state index in [1.807, 2.05) is 24.3 Å². The van der Waals surface area contributed by atoms with Gasteiger partial charge >= 0.3 is 0 Å². The molecule has 4 heteroatoms. The van der Waals surface area contributed by atoms with E-state index in [1.54, 1.807) is 0 Å². The fraction of sp³-hybridized carbons (Fsp3) is 0.300. The molecular weight excluding hydrogens is 244 g/mol. The maximum atomic E-state index is 11.1. The number of anilines is 1. The molecule has 0 bridgehead atoms. The third-order valence-corrected chi connectivity index (χ3v) is 2.98. The highest BCUT2D eigenvalue weighted by molar-refractivity contribution is 9.10. The van der Waals surface area contributed by atoms with Crippen LogP contribution in [0, 0.1) is 0 Å². The summed E-state index contributed by atoms with van der Waals surface area (Å²) in [7, 11) is 0. The van der Waals surface area contributed by atoms with Gasteiger partial charge in [-0.25, -0.2) is 0 Å². The molecule has 74 valence electrons. The van der Waals surface area contributed by atoms with Crippen molar-refractivity contribution < 1.29 is 4.79 Å². The summed E-state index contributed by atoms with van der Waals surface area (Å²) in [5.41, 5.74) is 5.76. The van der Waals surface area contributed by atoms with Gasteiger partial charge in [-0.2, -0.15) is 0 Å². The molecule has 3 N–H and O–H groups in total. The van der Waals surface area contributed by atoms with E-state index in [0.717, 1.165) is 23.0 Å². The second-order valence-electron chi connectivity index (χ2n) is 3.58.